The summed E-state index contributed by atoms with van der Waals surface area (Å²) in [5.74, 6) is -0.263. The van der Waals surface area contributed by atoms with E-state index in [0.29, 0.717) is 6.54 Å². The first-order valence-corrected chi connectivity index (χ1v) is 7.04. The van der Waals surface area contributed by atoms with E-state index in [-0.39, 0.29) is 24.5 Å². The molecule has 0 saturated heterocycles. The molecule has 3 amide bonds. The molecule has 1 aromatic carbocycles. The van der Waals surface area contributed by atoms with E-state index in [0.717, 1.165) is 24.9 Å². The summed E-state index contributed by atoms with van der Waals surface area (Å²) in [5.41, 5.74) is 1.16. The zero-order chi connectivity index (χ0) is 14.4. The Balaban J connectivity index is 1.76. The molecule has 2 rings (SSSR count). The monoisotopic (exact) mass is 275 g/mol. The van der Waals surface area contributed by atoms with Crippen molar-refractivity contribution >= 4 is 11.9 Å². The van der Waals surface area contributed by atoms with Gasteiger partial charge in [-0.2, -0.15) is 0 Å². The first-order chi connectivity index (χ1) is 9.67. The van der Waals surface area contributed by atoms with E-state index in [1.807, 2.05) is 42.2 Å². The Hall–Kier alpha value is -1.88. The van der Waals surface area contributed by atoms with Crippen LogP contribution in [0.25, 0.3) is 0 Å². The lowest BCUT2D eigenvalue weighted by Gasteiger charge is -2.19. The molecule has 0 aromatic heterocycles. The third kappa shape index (κ3) is 5.01. The molecular weight excluding hydrogens is 254 g/mol. The molecule has 0 aliphatic heterocycles. The predicted octanol–water partition coefficient (Wildman–Crippen LogP) is 1.50. The zero-order valence-electron chi connectivity index (χ0n) is 11.8. The summed E-state index contributed by atoms with van der Waals surface area (Å²) >= 11 is 0. The molecule has 108 valence electrons. The molecule has 0 unspecified atom stereocenters. The van der Waals surface area contributed by atoms with Gasteiger partial charge in [-0.3, -0.25) is 15.0 Å². The second kappa shape index (κ2) is 7.05. The number of nitrogens with one attached hydrogen (secondary N) is 2. The largest absolute Gasteiger partial charge is 0.335 e. The summed E-state index contributed by atoms with van der Waals surface area (Å²) < 4.78 is 0. The quantitative estimate of drug-likeness (QED) is 0.827. The highest BCUT2D eigenvalue weighted by Crippen LogP contribution is 2.18. The number of rotatable bonds is 6. The number of nitrogens with zero attached hydrogens (tertiary/aromatic N) is 1. The third-order valence-electron chi connectivity index (χ3n) is 3.23. The van der Waals surface area contributed by atoms with Crippen molar-refractivity contribution in [2.24, 2.45) is 0 Å². The van der Waals surface area contributed by atoms with Crippen molar-refractivity contribution in [1.82, 2.24) is 15.5 Å². The van der Waals surface area contributed by atoms with Crippen LogP contribution in [0.1, 0.15) is 25.3 Å². The van der Waals surface area contributed by atoms with E-state index >= 15 is 0 Å². The number of urea groups is 1. The van der Waals surface area contributed by atoms with Gasteiger partial charge in [-0.15, -0.1) is 0 Å². The topological polar surface area (TPSA) is 61.4 Å². The van der Waals surface area contributed by atoms with Gasteiger partial charge in [0.25, 0.3) is 0 Å². The number of carbonyl (C=O) groups excluding carboxylic acids is 2. The van der Waals surface area contributed by atoms with Crippen LogP contribution in [0.15, 0.2) is 30.3 Å². The van der Waals surface area contributed by atoms with Crippen molar-refractivity contribution in [2.45, 2.75) is 32.4 Å². The second-order valence-electron chi connectivity index (χ2n) is 5.08. The SMILES string of the molecule is CCN(CC(=O)NC(=O)NC1CC1)Cc1ccccc1. The molecule has 5 nitrogen and oxygen atoms in total. The number of carbonyl (C=O) groups is 2. The highest BCUT2D eigenvalue weighted by atomic mass is 16.2. The predicted molar refractivity (Wildman–Crippen MR) is 77.1 cm³/mol. The van der Waals surface area contributed by atoms with Gasteiger partial charge in [-0.05, 0) is 24.9 Å². The minimum atomic E-state index is -0.381. The maximum Gasteiger partial charge on any atom is 0.321 e. The number of amides is 3. The van der Waals surface area contributed by atoms with Gasteiger partial charge < -0.3 is 5.32 Å². The van der Waals surface area contributed by atoms with Gasteiger partial charge in [-0.1, -0.05) is 37.3 Å². The molecule has 5 heteroatoms. The van der Waals surface area contributed by atoms with Crippen LogP contribution in [0.4, 0.5) is 4.79 Å². The summed E-state index contributed by atoms with van der Waals surface area (Å²) in [6.45, 7) is 3.69. The van der Waals surface area contributed by atoms with E-state index in [2.05, 4.69) is 10.6 Å². The second-order valence-corrected chi connectivity index (χ2v) is 5.08. The Morgan fingerprint density at radius 2 is 1.95 bits per heavy atom. The van der Waals surface area contributed by atoms with Gasteiger partial charge >= 0.3 is 6.03 Å². The molecule has 0 spiro atoms. The first-order valence-electron chi connectivity index (χ1n) is 7.04. The van der Waals surface area contributed by atoms with Crippen molar-refractivity contribution in [3.8, 4) is 0 Å². The van der Waals surface area contributed by atoms with Crippen LogP contribution in [0.3, 0.4) is 0 Å². The van der Waals surface area contributed by atoms with E-state index < -0.39 is 0 Å². The van der Waals surface area contributed by atoms with Crippen molar-refractivity contribution in [2.75, 3.05) is 13.1 Å². The lowest BCUT2D eigenvalue weighted by Crippen LogP contribution is -2.45. The fraction of sp³-hybridized carbons (Fsp3) is 0.467. The Labute approximate surface area is 119 Å². The fourth-order valence-corrected chi connectivity index (χ4v) is 1.94. The Morgan fingerprint density at radius 3 is 2.55 bits per heavy atom. The van der Waals surface area contributed by atoms with E-state index in [1.54, 1.807) is 0 Å². The maximum absolute atomic E-state index is 11.8. The number of imide groups is 1. The molecule has 2 N–H and O–H groups in total. The zero-order valence-corrected chi connectivity index (χ0v) is 11.8. The van der Waals surface area contributed by atoms with E-state index in [1.165, 1.54) is 0 Å². The smallest absolute Gasteiger partial charge is 0.321 e. The normalized spacial score (nSPS) is 14.1. The number of hydrogen-bond donors (Lipinski definition) is 2. The van der Waals surface area contributed by atoms with Crippen molar-refractivity contribution < 1.29 is 9.59 Å². The minimum absolute atomic E-state index is 0.226. The number of hydrogen-bond acceptors (Lipinski definition) is 3. The maximum atomic E-state index is 11.8. The van der Waals surface area contributed by atoms with Crippen LogP contribution in [0, 0.1) is 0 Å². The average Bonchev–Trinajstić information content (AvgIpc) is 3.22. The minimum Gasteiger partial charge on any atom is -0.335 e. The van der Waals surface area contributed by atoms with E-state index in [9.17, 15) is 9.59 Å². The lowest BCUT2D eigenvalue weighted by molar-refractivity contribution is -0.121. The van der Waals surface area contributed by atoms with Crippen LogP contribution in [0.2, 0.25) is 0 Å². The molecule has 0 radical (unpaired) electrons. The molecule has 0 heterocycles. The van der Waals surface area contributed by atoms with Gasteiger partial charge in [0.05, 0.1) is 6.54 Å². The summed E-state index contributed by atoms with van der Waals surface area (Å²) in [6, 6.07) is 9.86. The van der Waals surface area contributed by atoms with Gasteiger partial charge in [0.15, 0.2) is 0 Å². The number of benzene rings is 1. The fourth-order valence-electron chi connectivity index (χ4n) is 1.94. The molecule has 1 aliphatic rings. The molecule has 20 heavy (non-hydrogen) atoms. The van der Waals surface area contributed by atoms with Gasteiger partial charge in [0.2, 0.25) is 5.91 Å². The molecule has 1 saturated carbocycles. The van der Waals surface area contributed by atoms with Crippen LogP contribution in [0.5, 0.6) is 0 Å². The molecule has 0 atom stereocenters. The van der Waals surface area contributed by atoms with Crippen LogP contribution >= 0.6 is 0 Å². The van der Waals surface area contributed by atoms with E-state index in [4.69, 9.17) is 0 Å². The first kappa shape index (κ1) is 14.5. The number of likely N-dealkylation sites (N-methyl/N-ethyl adjacent to an activating group) is 1. The summed E-state index contributed by atoms with van der Waals surface area (Å²) in [6.07, 6.45) is 2.02. The Kier molecular flexibility index (Phi) is 5.12. The molecule has 1 fully saturated rings. The van der Waals surface area contributed by atoms with Gasteiger partial charge in [-0.25, -0.2) is 4.79 Å². The summed E-state index contributed by atoms with van der Waals surface area (Å²) in [4.78, 5) is 25.3. The molecule has 0 bridgehead atoms. The highest BCUT2D eigenvalue weighted by molar-refractivity contribution is 5.95. The van der Waals surface area contributed by atoms with Crippen LogP contribution in [-0.2, 0) is 11.3 Å². The standard InChI is InChI=1S/C15H21N3O2/c1-2-18(10-12-6-4-3-5-7-12)11-14(19)17-15(20)16-13-8-9-13/h3-7,13H,2,8-11H2,1H3,(H2,16,17,19,20). The highest BCUT2D eigenvalue weighted by Gasteiger charge is 2.24. The van der Waals surface area contributed by atoms with Crippen molar-refractivity contribution in [3.05, 3.63) is 35.9 Å². The lowest BCUT2D eigenvalue weighted by atomic mass is 10.2. The third-order valence-corrected chi connectivity index (χ3v) is 3.23. The Bertz CT molecular complexity index is 457. The average molecular weight is 275 g/mol. The summed E-state index contributed by atoms with van der Waals surface area (Å²) in [5, 5.41) is 5.11. The van der Waals surface area contributed by atoms with Gasteiger partial charge in [0, 0.05) is 12.6 Å². The van der Waals surface area contributed by atoms with Gasteiger partial charge in [0.1, 0.15) is 0 Å². The van der Waals surface area contributed by atoms with Crippen molar-refractivity contribution in [1.29, 1.82) is 0 Å². The van der Waals surface area contributed by atoms with Crippen molar-refractivity contribution in [3.63, 3.8) is 0 Å². The summed E-state index contributed by atoms with van der Waals surface area (Å²) in [7, 11) is 0. The Morgan fingerprint density at radius 1 is 1.25 bits per heavy atom. The molecule has 1 aromatic rings. The van der Waals surface area contributed by atoms with Crippen LogP contribution in [-0.4, -0.2) is 36.0 Å². The molecule has 1 aliphatic carbocycles. The van der Waals surface area contributed by atoms with Crippen LogP contribution < -0.4 is 10.6 Å². The molecular formula is C15H21N3O2.